The van der Waals surface area contributed by atoms with Crippen molar-refractivity contribution in [3.63, 3.8) is 0 Å². The average Bonchev–Trinajstić information content (AvgIpc) is 2.81. The zero-order valence-corrected chi connectivity index (χ0v) is 8.96. The highest BCUT2D eigenvalue weighted by atomic mass is 32.2. The van der Waals surface area contributed by atoms with Gasteiger partial charge in [-0.3, -0.25) is 4.79 Å². The van der Waals surface area contributed by atoms with E-state index in [4.69, 9.17) is 5.26 Å². The van der Waals surface area contributed by atoms with Crippen molar-refractivity contribution >= 4 is 17.7 Å². The van der Waals surface area contributed by atoms with E-state index in [1.807, 2.05) is 6.07 Å². The van der Waals surface area contributed by atoms with Crippen molar-refractivity contribution in [3.8, 4) is 6.07 Å². The monoisotopic (exact) mass is 218 g/mol. The Hall–Kier alpha value is -1.47. The van der Waals surface area contributed by atoms with Crippen LogP contribution in [-0.4, -0.2) is 29.0 Å². The zero-order chi connectivity index (χ0) is 10.7. The molecule has 0 aliphatic carbocycles. The van der Waals surface area contributed by atoms with Crippen LogP contribution in [0.1, 0.15) is 15.9 Å². The minimum absolute atomic E-state index is 0.0251. The van der Waals surface area contributed by atoms with Gasteiger partial charge in [0, 0.05) is 17.9 Å². The molecule has 1 aliphatic rings. The van der Waals surface area contributed by atoms with Crippen LogP contribution >= 0.6 is 11.8 Å². The molecular formula is C11H10N2OS. The smallest absolute Gasteiger partial charge is 0.254 e. The summed E-state index contributed by atoms with van der Waals surface area (Å²) in [4.78, 5) is 13.7. The van der Waals surface area contributed by atoms with Crippen molar-refractivity contribution in [3.05, 3.63) is 35.4 Å². The second kappa shape index (κ2) is 4.37. The van der Waals surface area contributed by atoms with Gasteiger partial charge in [-0.15, -0.1) is 11.8 Å². The normalized spacial score (nSPS) is 15.0. The summed E-state index contributed by atoms with van der Waals surface area (Å²) in [6.07, 6.45) is 0. The fraction of sp³-hybridized carbons (Fsp3) is 0.273. The molecule has 0 bridgehead atoms. The van der Waals surface area contributed by atoms with Crippen LogP contribution in [0, 0.1) is 11.3 Å². The molecule has 1 amide bonds. The highest BCUT2D eigenvalue weighted by Gasteiger charge is 2.19. The van der Waals surface area contributed by atoms with Gasteiger partial charge in [0.25, 0.3) is 5.91 Å². The van der Waals surface area contributed by atoms with Gasteiger partial charge in [-0.05, 0) is 18.2 Å². The van der Waals surface area contributed by atoms with E-state index in [1.54, 1.807) is 40.9 Å². The Labute approximate surface area is 92.7 Å². The molecule has 1 aromatic rings. The SMILES string of the molecule is N#Cc1cccc(C(=O)N2CCSC2)c1. The van der Waals surface area contributed by atoms with Crippen LogP contribution in [0.25, 0.3) is 0 Å². The summed E-state index contributed by atoms with van der Waals surface area (Å²) in [6.45, 7) is 0.806. The Kier molecular flexibility index (Phi) is 2.93. The Bertz CT molecular complexity index is 419. The predicted molar refractivity (Wildman–Crippen MR) is 59.5 cm³/mol. The van der Waals surface area contributed by atoms with Gasteiger partial charge < -0.3 is 4.90 Å². The first-order valence-corrected chi connectivity index (χ1v) is 5.84. The lowest BCUT2D eigenvalue weighted by Gasteiger charge is -2.14. The number of thioether (sulfide) groups is 1. The number of hydrogen-bond acceptors (Lipinski definition) is 3. The van der Waals surface area contributed by atoms with Crippen LogP contribution in [0.4, 0.5) is 0 Å². The maximum absolute atomic E-state index is 11.9. The molecule has 0 N–H and O–H groups in total. The summed E-state index contributed by atoms with van der Waals surface area (Å²) >= 11 is 1.76. The van der Waals surface area contributed by atoms with E-state index >= 15 is 0 Å². The van der Waals surface area contributed by atoms with E-state index in [-0.39, 0.29) is 5.91 Å². The first-order valence-electron chi connectivity index (χ1n) is 4.68. The molecule has 1 heterocycles. The van der Waals surface area contributed by atoms with Gasteiger partial charge in [0.2, 0.25) is 0 Å². The topological polar surface area (TPSA) is 44.1 Å². The number of rotatable bonds is 1. The van der Waals surface area contributed by atoms with Gasteiger partial charge in [-0.2, -0.15) is 5.26 Å². The van der Waals surface area contributed by atoms with E-state index in [9.17, 15) is 4.79 Å². The van der Waals surface area contributed by atoms with Crippen molar-refractivity contribution in [2.24, 2.45) is 0 Å². The first-order chi connectivity index (χ1) is 7.31. The lowest BCUT2D eigenvalue weighted by atomic mass is 10.1. The van der Waals surface area contributed by atoms with Crippen LogP contribution in [0.2, 0.25) is 0 Å². The lowest BCUT2D eigenvalue weighted by molar-refractivity contribution is 0.0802. The quantitative estimate of drug-likeness (QED) is 0.720. The van der Waals surface area contributed by atoms with E-state index in [0.717, 1.165) is 18.2 Å². The average molecular weight is 218 g/mol. The number of hydrogen-bond donors (Lipinski definition) is 0. The first kappa shape index (κ1) is 10.1. The predicted octanol–water partition coefficient (Wildman–Crippen LogP) is 1.70. The Balaban J connectivity index is 2.21. The van der Waals surface area contributed by atoms with Crippen LogP contribution < -0.4 is 0 Å². The number of nitrogens with zero attached hydrogens (tertiary/aromatic N) is 2. The van der Waals surface area contributed by atoms with Crippen LogP contribution in [0.15, 0.2) is 24.3 Å². The third-order valence-corrected chi connectivity index (χ3v) is 3.24. The number of benzene rings is 1. The molecule has 0 unspecified atom stereocenters. The minimum Gasteiger partial charge on any atom is -0.329 e. The van der Waals surface area contributed by atoms with Gasteiger partial charge in [-0.25, -0.2) is 0 Å². The molecule has 4 heteroatoms. The highest BCUT2D eigenvalue weighted by Crippen LogP contribution is 2.17. The van der Waals surface area contributed by atoms with Gasteiger partial charge in [0.15, 0.2) is 0 Å². The number of amides is 1. The Morgan fingerprint density at radius 3 is 3.07 bits per heavy atom. The van der Waals surface area contributed by atoms with Gasteiger partial charge in [0.05, 0.1) is 17.5 Å². The second-order valence-electron chi connectivity index (χ2n) is 3.30. The standard InChI is InChI=1S/C11H10N2OS/c12-7-9-2-1-3-10(6-9)11(14)13-4-5-15-8-13/h1-3,6H,4-5,8H2. The van der Waals surface area contributed by atoms with E-state index in [2.05, 4.69) is 0 Å². The zero-order valence-electron chi connectivity index (χ0n) is 8.14. The largest absolute Gasteiger partial charge is 0.329 e. The van der Waals surface area contributed by atoms with E-state index < -0.39 is 0 Å². The molecule has 0 atom stereocenters. The number of nitriles is 1. The fourth-order valence-corrected chi connectivity index (χ4v) is 2.42. The van der Waals surface area contributed by atoms with Crippen molar-refractivity contribution in [1.82, 2.24) is 4.90 Å². The molecule has 0 spiro atoms. The van der Waals surface area contributed by atoms with Crippen LogP contribution in [0.3, 0.4) is 0 Å². The molecule has 3 nitrogen and oxygen atoms in total. The molecule has 0 aromatic heterocycles. The molecule has 1 saturated heterocycles. The molecule has 1 fully saturated rings. The molecule has 0 radical (unpaired) electrons. The molecular weight excluding hydrogens is 208 g/mol. The van der Waals surface area contributed by atoms with Crippen molar-refractivity contribution in [2.45, 2.75) is 0 Å². The Morgan fingerprint density at radius 1 is 1.53 bits per heavy atom. The lowest BCUT2D eigenvalue weighted by Crippen LogP contribution is -2.27. The Morgan fingerprint density at radius 2 is 2.40 bits per heavy atom. The maximum Gasteiger partial charge on any atom is 0.254 e. The van der Waals surface area contributed by atoms with Crippen molar-refractivity contribution < 1.29 is 4.79 Å². The summed E-state index contributed by atoms with van der Waals surface area (Å²) in [6, 6.07) is 8.89. The van der Waals surface area contributed by atoms with Gasteiger partial charge >= 0.3 is 0 Å². The summed E-state index contributed by atoms with van der Waals surface area (Å²) in [5.74, 6) is 1.79. The van der Waals surface area contributed by atoms with Gasteiger partial charge in [-0.1, -0.05) is 6.07 Å². The van der Waals surface area contributed by atoms with Crippen LogP contribution in [-0.2, 0) is 0 Å². The van der Waals surface area contributed by atoms with E-state index in [0.29, 0.717) is 11.1 Å². The minimum atomic E-state index is 0.0251. The van der Waals surface area contributed by atoms with Crippen LogP contribution in [0.5, 0.6) is 0 Å². The summed E-state index contributed by atoms with van der Waals surface area (Å²) < 4.78 is 0. The third kappa shape index (κ3) is 2.13. The summed E-state index contributed by atoms with van der Waals surface area (Å²) in [5, 5.41) is 8.73. The second-order valence-corrected chi connectivity index (χ2v) is 4.37. The van der Waals surface area contributed by atoms with Gasteiger partial charge in [0.1, 0.15) is 0 Å². The fourth-order valence-electron chi connectivity index (χ4n) is 1.48. The molecule has 15 heavy (non-hydrogen) atoms. The summed E-state index contributed by atoms with van der Waals surface area (Å²) in [5.41, 5.74) is 1.14. The summed E-state index contributed by atoms with van der Waals surface area (Å²) in [7, 11) is 0. The molecule has 1 aromatic carbocycles. The number of carbonyl (C=O) groups excluding carboxylic acids is 1. The highest BCUT2D eigenvalue weighted by molar-refractivity contribution is 7.99. The van der Waals surface area contributed by atoms with Crippen molar-refractivity contribution in [2.75, 3.05) is 18.2 Å². The molecule has 0 saturated carbocycles. The molecule has 1 aliphatic heterocycles. The molecule has 2 rings (SSSR count). The number of carbonyl (C=O) groups is 1. The van der Waals surface area contributed by atoms with Crippen molar-refractivity contribution in [1.29, 1.82) is 5.26 Å². The molecule has 76 valence electrons. The maximum atomic E-state index is 11.9. The third-order valence-electron chi connectivity index (χ3n) is 2.28. The van der Waals surface area contributed by atoms with E-state index in [1.165, 1.54) is 0 Å².